The van der Waals surface area contributed by atoms with Crippen molar-refractivity contribution in [2.75, 3.05) is 26.7 Å². The molecule has 28 heavy (non-hydrogen) atoms. The van der Waals surface area contributed by atoms with Gasteiger partial charge in [-0.05, 0) is 70.8 Å². The van der Waals surface area contributed by atoms with Crippen LogP contribution in [0.5, 0.6) is 0 Å². The summed E-state index contributed by atoms with van der Waals surface area (Å²) in [5.74, 6) is -0.455. The number of hydrogen-bond acceptors (Lipinski definition) is 3. The summed E-state index contributed by atoms with van der Waals surface area (Å²) in [6.45, 7) is 5.70. The predicted octanol–water partition coefficient (Wildman–Crippen LogP) is 4.10. The summed E-state index contributed by atoms with van der Waals surface area (Å²) in [7, 11) is 1.93. The Morgan fingerprint density at radius 3 is 2.54 bits per heavy atom. The molecule has 0 atom stereocenters. The molecule has 0 saturated carbocycles. The quantitative estimate of drug-likeness (QED) is 0.828. The molecule has 2 heterocycles. The normalized spacial score (nSPS) is 16.3. The van der Waals surface area contributed by atoms with Crippen LogP contribution in [0.15, 0.2) is 18.2 Å². The van der Waals surface area contributed by atoms with Crippen molar-refractivity contribution in [3.8, 4) is 0 Å². The number of nitrogens with zero attached hydrogens (tertiary/aromatic N) is 3. The molecule has 1 saturated heterocycles. The van der Waals surface area contributed by atoms with Crippen LogP contribution in [-0.4, -0.2) is 47.0 Å². The van der Waals surface area contributed by atoms with E-state index in [2.05, 4.69) is 10.3 Å². The largest absolute Gasteiger partial charge is 0.449 e. The Kier molecular flexibility index (Phi) is 5.98. The van der Waals surface area contributed by atoms with E-state index < -0.39 is 12.0 Å². The van der Waals surface area contributed by atoms with Crippen LogP contribution in [0.2, 0.25) is 0 Å². The molecule has 154 valence electrons. The summed E-state index contributed by atoms with van der Waals surface area (Å²) in [5.41, 5.74) is 0.990. The lowest BCUT2D eigenvalue weighted by atomic mass is 9.93. The van der Waals surface area contributed by atoms with E-state index in [1.54, 1.807) is 30.9 Å². The molecule has 1 aliphatic heterocycles. The minimum atomic E-state index is -4.54. The maximum absolute atomic E-state index is 13.4. The number of piperidine rings is 1. The third kappa shape index (κ3) is 4.16. The summed E-state index contributed by atoms with van der Waals surface area (Å²) in [6, 6.07) is 4.28. The van der Waals surface area contributed by atoms with Crippen molar-refractivity contribution in [3.63, 3.8) is 0 Å². The van der Waals surface area contributed by atoms with E-state index in [9.17, 15) is 18.0 Å². The Hall–Kier alpha value is -2.09. The average Bonchev–Trinajstić information content (AvgIpc) is 3.05. The number of halogens is 3. The molecule has 8 heteroatoms. The summed E-state index contributed by atoms with van der Waals surface area (Å²) in [6.07, 6.45) is -1.54. The highest BCUT2D eigenvalue weighted by Crippen LogP contribution is 2.34. The van der Waals surface area contributed by atoms with Gasteiger partial charge in [-0.15, -0.1) is 0 Å². The number of carbonyl (C=O) groups is 1. The van der Waals surface area contributed by atoms with Gasteiger partial charge in [-0.25, -0.2) is 4.98 Å². The van der Waals surface area contributed by atoms with Crippen LogP contribution in [0.25, 0.3) is 11.0 Å². The summed E-state index contributed by atoms with van der Waals surface area (Å²) >= 11 is 0. The Balaban J connectivity index is 1.82. The summed E-state index contributed by atoms with van der Waals surface area (Å²) < 4.78 is 41.3. The van der Waals surface area contributed by atoms with E-state index >= 15 is 0 Å². The number of amides is 1. The van der Waals surface area contributed by atoms with E-state index in [-0.39, 0.29) is 17.5 Å². The molecular weight excluding hydrogens is 369 g/mol. The Labute approximate surface area is 162 Å². The fraction of sp³-hybridized carbons (Fsp3) is 0.600. The zero-order chi connectivity index (χ0) is 20.5. The maximum Gasteiger partial charge on any atom is 0.449 e. The average molecular weight is 396 g/mol. The van der Waals surface area contributed by atoms with Crippen LogP contribution in [0.1, 0.15) is 55.3 Å². The van der Waals surface area contributed by atoms with Crippen LogP contribution >= 0.6 is 0 Å². The van der Waals surface area contributed by atoms with Crippen LogP contribution in [0.3, 0.4) is 0 Å². The van der Waals surface area contributed by atoms with Crippen molar-refractivity contribution in [1.29, 1.82) is 0 Å². The summed E-state index contributed by atoms with van der Waals surface area (Å²) in [4.78, 5) is 18.4. The van der Waals surface area contributed by atoms with Gasteiger partial charge in [0.1, 0.15) is 0 Å². The molecule has 1 fully saturated rings. The van der Waals surface area contributed by atoms with Crippen molar-refractivity contribution in [3.05, 3.63) is 29.6 Å². The Morgan fingerprint density at radius 2 is 1.96 bits per heavy atom. The molecule has 0 aliphatic carbocycles. The lowest BCUT2D eigenvalue weighted by Gasteiger charge is -2.32. The molecular formula is C20H27F3N4O. The molecule has 1 amide bonds. The lowest BCUT2D eigenvalue weighted by molar-refractivity contribution is -0.147. The van der Waals surface area contributed by atoms with Gasteiger partial charge >= 0.3 is 6.18 Å². The van der Waals surface area contributed by atoms with Crippen molar-refractivity contribution in [2.45, 2.75) is 45.3 Å². The number of nitrogens with one attached hydrogen (secondary N) is 1. The topological polar surface area (TPSA) is 50.2 Å². The van der Waals surface area contributed by atoms with Gasteiger partial charge in [-0.1, -0.05) is 0 Å². The monoisotopic (exact) mass is 396 g/mol. The first-order valence-electron chi connectivity index (χ1n) is 9.75. The molecule has 0 unspecified atom stereocenters. The first-order valence-corrected chi connectivity index (χ1v) is 9.75. The fourth-order valence-corrected chi connectivity index (χ4v) is 3.91. The van der Waals surface area contributed by atoms with Gasteiger partial charge < -0.3 is 14.8 Å². The number of imidazole rings is 1. The third-order valence-electron chi connectivity index (χ3n) is 5.41. The van der Waals surface area contributed by atoms with Crippen molar-refractivity contribution in [2.24, 2.45) is 5.92 Å². The van der Waals surface area contributed by atoms with Crippen molar-refractivity contribution in [1.82, 2.24) is 19.8 Å². The number of benzene rings is 1. The number of rotatable bonds is 5. The SMILES string of the molecule is CNCCC1CCN(C(=O)c2ccc3c(c2)nc(C(F)(F)F)n3C(C)C)CC1. The first-order chi connectivity index (χ1) is 13.2. The molecule has 5 nitrogen and oxygen atoms in total. The standard InChI is InChI=1S/C20H27F3N4O/c1-13(2)27-17-5-4-15(12-16(17)25-19(27)20(21,22)23)18(28)26-10-7-14(8-11-26)6-9-24-3/h4-5,12-14,24H,6-11H2,1-3H3. The minimum absolute atomic E-state index is 0.137. The molecule has 2 aromatic rings. The van der Waals surface area contributed by atoms with Gasteiger partial charge in [0.2, 0.25) is 5.82 Å². The number of hydrogen-bond donors (Lipinski definition) is 1. The molecule has 0 radical (unpaired) electrons. The molecule has 3 rings (SSSR count). The lowest BCUT2D eigenvalue weighted by Crippen LogP contribution is -2.38. The highest BCUT2D eigenvalue weighted by atomic mass is 19.4. The molecule has 1 N–H and O–H groups in total. The third-order valence-corrected chi connectivity index (χ3v) is 5.41. The van der Waals surface area contributed by atoms with E-state index in [1.165, 1.54) is 10.6 Å². The second-order valence-electron chi connectivity index (χ2n) is 7.73. The highest BCUT2D eigenvalue weighted by Gasteiger charge is 2.38. The molecule has 1 aromatic carbocycles. The number of alkyl halides is 3. The van der Waals surface area contributed by atoms with E-state index in [0.29, 0.717) is 30.1 Å². The van der Waals surface area contributed by atoms with Crippen LogP contribution in [0, 0.1) is 5.92 Å². The van der Waals surface area contributed by atoms with Crippen molar-refractivity contribution < 1.29 is 18.0 Å². The van der Waals surface area contributed by atoms with Crippen molar-refractivity contribution >= 4 is 16.9 Å². The molecule has 0 bridgehead atoms. The molecule has 1 aliphatic rings. The zero-order valence-electron chi connectivity index (χ0n) is 16.5. The van der Waals surface area contributed by atoms with Gasteiger partial charge in [0.25, 0.3) is 5.91 Å². The highest BCUT2D eigenvalue weighted by molar-refractivity contribution is 5.97. The first kappa shape index (κ1) is 20.6. The van der Waals surface area contributed by atoms with Gasteiger partial charge in [0.05, 0.1) is 11.0 Å². The molecule has 0 spiro atoms. The second kappa shape index (κ2) is 8.11. The van der Waals surface area contributed by atoms with Crippen LogP contribution in [-0.2, 0) is 6.18 Å². The number of aromatic nitrogens is 2. The molecule has 1 aromatic heterocycles. The number of fused-ring (bicyclic) bond motifs is 1. The zero-order valence-corrected chi connectivity index (χ0v) is 16.5. The van der Waals surface area contributed by atoms with Crippen LogP contribution in [0.4, 0.5) is 13.2 Å². The fourth-order valence-electron chi connectivity index (χ4n) is 3.91. The smallest absolute Gasteiger partial charge is 0.339 e. The maximum atomic E-state index is 13.4. The summed E-state index contributed by atoms with van der Waals surface area (Å²) in [5, 5.41) is 3.15. The van der Waals surface area contributed by atoms with E-state index in [4.69, 9.17) is 0 Å². The second-order valence-corrected chi connectivity index (χ2v) is 7.73. The van der Waals surface area contributed by atoms with Gasteiger partial charge in [-0.2, -0.15) is 13.2 Å². The van der Waals surface area contributed by atoms with Gasteiger partial charge in [0, 0.05) is 24.7 Å². The minimum Gasteiger partial charge on any atom is -0.339 e. The predicted molar refractivity (Wildman–Crippen MR) is 102 cm³/mol. The Morgan fingerprint density at radius 1 is 1.29 bits per heavy atom. The Bertz CT molecular complexity index is 836. The number of carbonyl (C=O) groups excluding carboxylic acids is 1. The van der Waals surface area contributed by atoms with Gasteiger partial charge in [0.15, 0.2) is 0 Å². The van der Waals surface area contributed by atoms with Crippen LogP contribution < -0.4 is 5.32 Å². The van der Waals surface area contributed by atoms with E-state index in [0.717, 1.165) is 25.8 Å². The number of likely N-dealkylation sites (tertiary alicyclic amines) is 1. The van der Waals surface area contributed by atoms with Gasteiger partial charge in [-0.3, -0.25) is 4.79 Å². The van der Waals surface area contributed by atoms with E-state index in [1.807, 2.05) is 7.05 Å².